The van der Waals surface area contributed by atoms with Gasteiger partial charge < -0.3 is 10.2 Å². The van der Waals surface area contributed by atoms with Gasteiger partial charge in [-0.1, -0.05) is 19.0 Å². The van der Waals surface area contributed by atoms with Gasteiger partial charge in [0.2, 0.25) is 0 Å². The number of carbonyl (C=O) groups is 1. The molecule has 1 amide bonds. The van der Waals surface area contributed by atoms with Gasteiger partial charge in [-0.3, -0.25) is 4.84 Å². The number of oxime groups is 1. The molecule has 0 aliphatic carbocycles. The predicted octanol–water partition coefficient (Wildman–Crippen LogP) is 1.75. The highest BCUT2D eigenvalue weighted by Crippen LogP contribution is 2.26. The van der Waals surface area contributed by atoms with E-state index in [9.17, 15) is 4.79 Å². The summed E-state index contributed by atoms with van der Waals surface area (Å²) in [5.41, 5.74) is 0. The number of nitrogens with one attached hydrogen (secondary N) is 1. The lowest BCUT2D eigenvalue weighted by Crippen LogP contribution is -2.30. The van der Waals surface area contributed by atoms with Crippen molar-refractivity contribution >= 4 is 23.7 Å². The van der Waals surface area contributed by atoms with Gasteiger partial charge in [-0.2, -0.15) is 11.8 Å². The number of amidine groups is 1. The van der Waals surface area contributed by atoms with Crippen LogP contribution in [0.3, 0.4) is 0 Å². The SMILES string of the molecule is CNC(=O)ON=C(CC(C)(C)SC)N(C)C. The van der Waals surface area contributed by atoms with E-state index in [0.717, 1.165) is 12.3 Å². The molecule has 0 fully saturated rings. The summed E-state index contributed by atoms with van der Waals surface area (Å²) in [6.07, 6.45) is 2.23. The third-order valence-electron chi connectivity index (χ3n) is 2.09. The van der Waals surface area contributed by atoms with Crippen LogP contribution in [0.5, 0.6) is 0 Å². The van der Waals surface area contributed by atoms with Crippen LogP contribution in [0, 0.1) is 0 Å². The Morgan fingerprint density at radius 3 is 2.44 bits per heavy atom. The average Bonchev–Trinajstić information content (AvgIpc) is 2.23. The van der Waals surface area contributed by atoms with Gasteiger partial charge in [-0.05, 0) is 6.26 Å². The second kappa shape index (κ2) is 6.62. The van der Waals surface area contributed by atoms with E-state index in [2.05, 4.69) is 24.3 Å². The summed E-state index contributed by atoms with van der Waals surface area (Å²) in [6, 6.07) is 0. The number of carbonyl (C=O) groups excluding carboxylic acids is 1. The molecule has 0 spiro atoms. The van der Waals surface area contributed by atoms with Crippen molar-refractivity contribution in [1.29, 1.82) is 0 Å². The molecule has 0 atom stereocenters. The minimum atomic E-state index is -0.554. The fourth-order valence-electron chi connectivity index (χ4n) is 0.865. The molecule has 6 heteroatoms. The van der Waals surface area contributed by atoms with E-state index in [4.69, 9.17) is 4.84 Å². The molecule has 0 aliphatic heterocycles. The fourth-order valence-corrected chi connectivity index (χ4v) is 1.14. The molecule has 16 heavy (non-hydrogen) atoms. The summed E-state index contributed by atoms with van der Waals surface area (Å²) in [5, 5.41) is 6.19. The zero-order chi connectivity index (χ0) is 12.8. The Morgan fingerprint density at radius 2 is 2.06 bits per heavy atom. The Balaban J connectivity index is 4.56. The lowest BCUT2D eigenvalue weighted by Gasteiger charge is -2.25. The second-order valence-electron chi connectivity index (χ2n) is 4.17. The summed E-state index contributed by atoms with van der Waals surface area (Å²) in [4.78, 5) is 17.4. The number of rotatable bonds is 4. The van der Waals surface area contributed by atoms with Crippen LogP contribution in [0.1, 0.15) is 20.3 Å². The van der Waals surface area contributed by atoms with Crippen LogP contribution in [0.25, 0.3) is 0 Å². The lowest BCUT2D eigenvalue weighted by molar-refractivity contribution is 0.151. The highest BCUT2D eigenvalue weighted by molar-refractivity contribution is 7.99. The Bertz CT molecular complexity index is 265. The van der Waals surface area contributed by atoms with Gasteiger partial charge in [-0.25, -0.2) is 4.79 Å². The number of thioether (sulfide) groups is 1. The fraction of sp³-hybridized carbons (Fsp3) is 0.800. The summed E-state index contributed by atoms with van der Waals surface area (Å²) in [7, 11) is 5.25. The van der Waals surface area contributed by atoms with Gasteiger partial charge in [0.25, 0.3) is 0 Å². The molecule has 0 aromatic heterocycles. The second-order valence-corrected chi connectivity index (χ2v) is 5.68. The van der Waals surface area contributed by atoms with Gasteiger partial charge in [0, 0.05) is 32.3 Å². The van der Waals surface area contributed by atoms with E-state index in [1.54, 1.807) is 11.8 Å². The molecule has 1 N–H and O–H groups in total. The van der Waals surface area contributed by atoms with Crippen molar-refractivity contribution in [3.05, 3.63) is 0 Å². The molecule has 0 unspecified atom stereocenters. The van der Waals surface area contributed by atoms with Crippen molar-refractivity contribution in [1.82, 2.24) is 10.2 Å². The van der Waals surface area contributed by atoms with Crippen molar-refractivity contribution in [2.75, 3.05) is 27.4 Å². The number of nitrogens with zero attached hydrogens (tertiary/aromatic N) is 2. The van der Waals surface area contributed by atoms with Crippen LogP contribution in [0.15, 0.2) is 5.16 Å². The maximum Gasteiger partial charge on any atom is 0.433 e. The van der Waals surface area contributed by atoms with Crippen LogP contribution in [0.2, 0.25) is 0 Å². The van der Waals surface area contributed by atoms with Gasteiger partial charge in [0.05, 0.1) is 0 Å². The summed E-state index contributed by atoms with van der Waals surface area (Å²) >= 11 is 1.75. The van der Waals surface area contributed by atoms with Gasteiger partial charge >= 0.3 is 6.09 Å². The zero-order valence-corrected chi connectivity index (χ0v) is 11.6. The molecule has 0 bridgehead atoms. The van der Waals surface area contributed by atoms with Crippen molar-refractivity contribution in [2.24, 2.45) is 5.16 Å². The van der Waals surface area contributed by atoms with Crippen LogP contribution in [-0.2, 0) is 4.84 Å². The first kappa shape index (κ1) is 15.1. The first-order valence-corrected chi connectivity index (χ1v) is 6.23. The minimum absolute atomic E-state index is 0.0646. The van der Waals surface area contributed by atoms with Crippen LogP contribution < -0.4 is 5.32 Å². The topological polar surface area (TPSA) is 53.9 Å². The highest BCUT2D eigenvalue weighted by atomic mass is 32.2. The molecule has 0 radical (unpaired) electrons. The molecule has 0 heterocycles. The lowest BCUT2D eigenvalue weighted by atomic mass is 10.1. The van der Waals surface area contributed by atoms with E-state index in [0.29, 0.717) is 0 Å². The largest absolute Gasteiger partial charge is 0.433 e. The molecule has 94 valence electrons. The van der Waals surface area contributed by atoms with Crippen molar-refractivity contribution in [2.45, 2.75) is 25.0 Å². The third kappa shape index (κ3) is 5.85. The van der Waals surface area contributed by atoms with Crippen molar-refractivity contribution < 1.29 is 9.63 Å². The minimum Gasteiger partial charge on any atom is -0.363 e. The number of hydrogen-bond donors (Lipinski definition) is 1. The van der Waals surface area contributed by atoms with E-state index in [1.165, 1.54) is 7.05 Å². The van der Waals surface area contributed by atoms with Gasteiger partial charge in [-0.15, -0.1) is 0 Å². The first-order valence-electron chi connectivity index (χ1n) is 5.00. The molecular formula is C10H21N3O2S. The molecule has 0 saturated heterocycles. The Labute approximate surface area is 102 Å². The summed E-state index contributed by atoms with van der Waals surface area (Å²) in [6.45, 7) is 4.24. The third-order valence-corrected chi connectivity index (χ3v) is 3.34. The van der Waals surface area contributed by atoms with Gasteiger partial charge in [0.1, 0.15) is 5.84 Å². The summed E-state index contributed by atoms with van der Waals surface area (Å²) < 4.78 is 0.0646. The molecule has 0 aliphatic rings. The van der Waals surface area contributed by atoms with Crippen LogP contribution in [0.4, 0.5) is 4.79 Å². The Hall–Kier alpha value is -0.910. The van der Waals surface area contributed by atoms with E-state index in [-0.39, 0.29) is 4.75 Å². The molecule has 0 aromatic carbocycles. The van der Waals surface area contributed by atoms with Crippen molar-refractivity contribution in [3.8, 4) is 0 Å². The maximum atomic E-state index is 10.9. The molecular weight excluding hydrogens is 226 g/mol. The average molecular weight is 247 g/mol. The Kier molecular flexibility index (Phi) is 6.25. The highest BCUT2D eigenvalue weighted by Gasteiger charge is 2.21. The molecule has 0 aromatic rings. The normalized spacial score (nSPS) is 12.2. The summed E-state index contributed by atoms with van der Waals surface area (Å²) in [5.74, 6) is 0.739. The van der Waals surface area contributed by atoms with E-state index >= 15 is 0 Å². The molecule has 5 nitrogen and oxygen atoms in total. The quantitative estimate of drug-likeness (QED) is 0.356. The standard InChI is InChI=1S/C10H21N3O2S/c1-10(2,16-6)7-8(13(4)5)12-15-9(14)11-3/h7H2,1-6H3,(H,11,14). The van der Waals surface area contributed by atoms with Crippen LogP contribution in [-0.4, -0.2) is 49.0 Å². The Morgan fingerprint density at radius 1 is 1.50 bits per heavy atom. The molecule has 0 saturated carbocycles. The smallest absolute Gasteiger partial charge is 0.363 e. The predicted molar refractivity (Wildman–Crippen MR) is 68.9 cm³/mol. The van der Waals surface area contributed by atoms with Crippen LogP contribution >= 0.6 is 11.8 Å². The van der Waals surface area contributed by atoms with E-state index in [1.807, 2.05) is 25.3 Å². The molecule has 0 rings (SSSR count). The first-order chi connectivity index (χ1) is 7.32. The zero-order valence-electron chi connectivity index (χ0n) is 10.8. The van der Waals surface area contributed by atoms with Gasteiger partial charge in [0.15, 0.2) is 0 Å². The monoisotopic (exact) mass is 247 g/mol. The number of amides is 1. The maximum absolute atomic E-state index is 10.9. The van der Waals surface area contributed by atoms with E-state index < -0.39 is 6.09 Å². The number of hydrogen-bond acceptors (Lipinski definition) is 4. The van der Waals surface area contributed by atoms with Crippen molar-refractivity contribution in [3.63, 3.8) is 0 Å².